The van der Waals surface area contributed by atoms with Crippen molar-refractivity contribution in [3.63, 3.8) is 0 Å². The van der Waals surface area contributed by atoms with Crippen molar-refractivity contribution in [1.29, 1.82) is 0 Å². The molecule has 0 amide bonds. The van der Waals surface area contributed by atoms with Crippen molar-refractivity contribution < 1.29 is 13.6 Å². The summed E-state index contributed by atoms with van der Waals surface area (Å²) in [6.45, 7) is 1.99. The lowest BCUT2D eigenvalue weighted by Crippen LogP contribution is -2.02. The van der Waals surface area contributed by atoms with Crippen molar-refractivity contribution in [3.8, 4) is 0 Å². The number of halogens is 2. The smallest absolute Gasteiger partial charge is 0.202 e. The van der Waals surface area contributed by atoms with E-state index in [1.54, 1.807) is 18.2 Å². The third-order valence-corrected chi connectivity index (χ3v) is 3.90. The van der Waals surface area contributed by atoms with E-state index in [9.17, 15) is 9.18 Å². The Hall–Kier alpha value is -1.94. The molecule has 0 atom stereocenters. The molecular weight excluding hydrogens is 335 g/mol. The molecule has 2 aromatic carbocycles. The number of hydrogen-bond donors (Lipinski definition) is 0. The Labute approximate surface area is 129 Å². The van der Waals surface area contributed by atoms with Gasteiger partial charge in [-0.2, -0.15) is 0 Å². The summed E-state index contributed by atoms with van der Waals surface area (Å²) in [4.78, 5) is 12.3. The molecule has 106 valence electrons. The third-order valence-electron chi connectivity index (χ3n) is 3.30. The van der Waals surface area contributed by atoms with Crippen molar-refractivity contribution in [2.24, 2.45) is 0 Å². The average molecular weight is 347 g/mol. The fourth-order valence-corrected chi connectivity index (χ4v) is 2.65. The number of furan rings is 1. The quantitative estimate of drug-likeness (QED) is 0.620. The molecule has 0 saturated carbocycles. The first-order chi connectivity index (χ1) is 10.0. The number of Topliss-reactive ketones (excluding diaryl/α,β-unsaturated/α-hetero) is 1. The first-order valence-corrected chi connectivity index (χ1v) is 7.29. The Kier molecular flexibility index (Phi) is 3.64. The average Bonchev–Trinajstić information content (AvgIpc) is 2.86. The van der Waals surface area contributed by atoms with Gasteiger partial charge in [0.05, 0.1) is 4.47 Å². The number of fused-ring (bicyclic) bond motifs is 1. The molecule has 0 saturated heterocycles. The van der Waals surface area contributed by atoms with Crippen molar-refractivity contribution in [2.75, 3.05) is 0 Å². The molecule has 0 radical (unpaired) electrons. The van der Waals surface area contributed by atoms with Gasteiger partial charge >= 0.3 is 0 Å². The Morgan fingerprint density at radius 1 is 1.19 bits per heavy atom. The van der Waals surface area contributed by atoms with E-state index >= 15 is 0 Å². The maximum absolute atomic E-state index is 13.2. The Balaban J connectivity index is 1.87. The Morgan fingerprint density at radius 2 is 2.00 bits per heavy atom. The van der Waals surface area contributed by atoms with E-state index in [0.717, 1.165) is 16.5 Å². The van der Waals surface area contributed by atoms with E-state index in [1.807, 2.05) is 25.1 Å². The van der Waals surface area contributed by atoms with Crippen LogP contribution in [0.4, 0.5) is 4.39 Å². The van der Waals surface area contributed by atoms with E-state index in [-0.39, 0.29) is 18.0 Å². The van der Waals surface area contributed by atoms with Crippen LogP contribution in [0.2, 0.25) is 0 Å². The van der Waals surface area contributed by atoms with E-state index in [1.165, 1.54) is 6.07 Å². The Morgan fingerprint density at radius 3 is 2.76 bits per heavy atom. The summed E-state index contributed by atoms with van der Waals surface area (Å²) in [6.07, 6.45) is 0.178. The van der Waals surface area contributed by atoms with Gasteiger partial charge in [0.1, 0.15) is 11.4 Å². The number of carbonyl (C=O) groups is 1. The minimum atomic E-state index is -0.342. The SMILES string of the molecule is Cc1ccc2oc(C(=O)Cc3ccc(F)c(Br)c3)cc2c1. The molecule has 1 aromatic heterocycles. The summed E-state index contributed by atoms with van der Waals surface area (Å²) < 4.78 is 19.1. The van der Waals surface area contributed by atoms with Gasteiger partial charge in [-0.3, -0.25) is 4.79 Å². The maximum Gasteiger partial charge on any atom is 0.202 e. The first kappa shape index (κ1) is 14.0. The highest BCUT2D eigenvalue weighted by molar-refractivity contribution is 9.10. The van der Waals surface area contributed by atoms with Crippen LogP contribution in [0.5, 0.6) is 0 Å². The molecule has 2 nitrogen and oxygen atoms in total. The number of rotatable bonds is 3. The minimum Gasteiger partial charge on any atom is -0.453 e. The van der Waals surface area contributed by atoms with Crippen LogP contribution in [0.15, 0.2) is 51.4 Å². The molecule has 21 heavy (non-hydrogen) atoms. The standard InChI is InChI=1S/C17H12BrFO2/c1-10-2-5-16-12(6-10)9-17(21-16)15(20)8-11-3-4-14(19)13(18)7-11/h2-7,9H,8H2,1H3. The summed E-state index contributed by atoms with van der Waals surface area (Å²) in [5.41, 5.74) is 2.55. The van der Waals surface area contributed by atoms with Crippen LogP contribution >= 0.6 is 15.9 Å². The predicted molar refractivity (Wildman–Crippen MR) is 83.1 cm³/mol. The lowest BCUT2D eigenvalue weighted by Gasteiger charge is -2.00. The highest BCUT2D eigenvalue weighted by Gasteiger charge is 2.14. The monoisotopic (exact) mass is 346 g/mol. The van der Waals surface area contributed by atoms with Crippen molar-refractivity contribution >= 4 is 32.7 Å². The van der Waals surface area contributed by atoms with E-state index in [2.05, 4.69) is 15.9 Å². The van der Waals surface area contributed by atoms with Gasteiger partial charge in [0, 0.05) is 11.8 Å². The van der Waals surface area contributed by atoms with Crippen molar-refractivity contribution in [2.45, 2.75) is 13.3 Å². The molecule has 1 heterocycles. The lowest BCUT2D eigenvalue weighted by atomic mass is 10.1. The van der Waals surface area contributed by atoms with E-state index < -0.39 is 0 Å². The normalized spacial score (nSPS) is 11.0. The van der Waals surface area contributed by atoms with E-state index in [4.69, 9.17) is 4.42 Å². The fraction of sp³-hybridized carbons (Fsp3) is 0.118. The zero-order chi connectivity index (χ0) is 15.0. The highest BCUT2D eigenvalue weighted by Crippen LogP contribution is 2.23. The van der Waals surface area contributed by atoms with Crippen LogP contribution < -0.4 is 0 Å². The van der Waals surface area contributed by atoms with Crippen LogP contribution in [-0.2, 0) is 6.42 Å². The lowest BCUT2D eigenvalue weighted by molar-refractivity contribution is 0.0968. The molecule has 0 fully saturated rings. The molecule has 3 aromatic rings. The zero-order valence-corrected chi connectivity index (χ0v) is 12.9. The summed E-state index contributed by atoms with van der Waals surface area (Å²) in [6, 6.07) is 12.1. The molecular formula is C17H12BrFO2. The minimum absolute atomic E-state index is 0.123. The topological polar surface area (TPSA) is 30.2 Å². The van der Waals surface area contributed by atoms with Gasteiger partial charge in [0.15, 0.2) is 5.76 Å². The van der Waals surface area contributed by atoms with Gasteiger partial charge in [-0.1, -0.05) is 17.7 Å². The van der Waals surface area contributed by atoms with Crippen molar-refractivity contribution in [3.05, 3.63) is 69.6 Å². The van der Waals surface area contributed by atoms with Crippen LogP contribution in [0.3, 0.4) is 0 Å². The van der Waals surface area contributed by atoms with Gasteiger partial charge in [0.2, 0.25) is 5.78 Å². The van der Waals surface area contributed by atoms with Crippen molar-refractivity contribution in [1.82, 2.24) is 0 Å². The molecule has 0 spiro atoms. The largest absolute Gasteiger partial charge is 0.453 e. The maximum atomic E-state index is 13.2. The first-order valence-electron chi connectivity index (χ1n) is 6.50. The molecule has 0 bridgehead atoms. The summed E-state index contributed by atoms with van der Waals surface area (Å²) >= 11 is 3.12. The molecule has 0 unspecified atom stereocenters. The zero-order valence-electron chi connectivity index (χ0n) is 11.3. The number of hydrogen-bond acceptors (Lipinski definition) is 2. The Bertz CT molecular complexity index is 836. The molecule has 0 aliphatic rings. The van der Waals surface area contributed by atoms with E-state index in [0.29, 0.717) is 15.8 Å². The van der Waals surface area contributed by atoms with Crippen LogP contribution in [0, 0.1) is 12.7 Å². The molecule has 0 aliphatic heterocycles. The number of benzene rings is 2. The van der Waals surface area contributed by atoms with Gasteiger partial charge in [-0.15, -0.1) is 0 Å². The number of aryl methyl sites for hydroxylation is 1. The second-order valence-electron chi connectivity index (χ2n) is 5.00. The third kappa shape index (κ3) is 2.90. The molecule has 0 N–H and O–H groups in total. The summed E-state index contributed by atoms with van der Waals surface area (Å²) in [7, 11) is 0. The highest BCUT2D eigenvalue weighted by atomic mass is 79.9. The van der Waals surface area contributed by atoms with Crippen LogP contribution in [0.25, 0.3) is 11.0 Å². The van der Waals surface area contributed by atoms with Gasteiger partial charge < -0.3 is 4.42 Å². The fourth-order valence-electron chi connectivity index (χ4n) is 2.22. The summed E-state index contributed by atoms with van der Waals surface area (Å²) in [5, 5.41) is 0.915. The van der Waals surface area contributed by atoms with Gasteiger partial charge in [0.25, 0.3) is 0 Å². The molecule has 4 heteroatoms. The van der Waals surface area contributed by atoms with Crippen LogP contribution in [0.1, 0.15) is 21.7 Å². The van der Waals surface area contributed by atoms with Gasteiger partial charge in [-0.25, -0.2) is 4.39 Å². The predicted octanol–water partition coefficient (Wildman–Crippen LogP) is 5.07. The summed E-state index contributed by atoms with van der Waals surface area (Å²) in [5.74, 6) is -0.135. The van der Waals surface area contributed by atoms with Crippen LogP contribution in [-0.4, -0.2) is 5.78 Å². The van der Waals surface area contributed by atoms with Gasteiger partial charge in [-0.05, 0) is 58.7 Å². The number of carbonyl (C=O) groups excluding carboxylic acids is 1. The second kappa shape index (κ2) is 5.45. The number of ketones is 1. The second-order valence-corrected chi connectivity index (χ2v) is 5.85. The molecule has 3 rings (SSSR count). The molecule has 0 aliphatic carbocycles.